The van der Waals surface area contributed by atoms with Gasteiger partial charge in [0.1, 0.15) is 0 Å². The number of hydrogen-bond donors (Lipinski definition) is 0. The molecule has 0 fully saturated rings. The van der Waals surface area contributed by atoms with Gasteiger partial charge in [-0.25, -0.2) is 0 Å². The minimum Gasteiger partial charge on any atom is -0.469 e. The lowest BCUT2D eigenvalue weighted by molar-refractivity contribution is -0.146. The van der Waals surface area contributed by atoms with Crippen molar-refractivity contribution >= 4 is 28.6 Å². The summed E-state index contributed by atoms with van der Waals surface area (Å²) < 4.78 is 7.86. The highest BCUT2D eigenvalue weighted by atomic mass is 127. The maximum absolute atomic E-state index is 11.4. The standard InChI is InChI=1S/C9H11IN2O2/c1-14-9(13)6-2-3-12-8(4-6)7(10)5-11-12/h5-6H,2-4H2,1H3. The van der Waals surface area contributed by atoms with Crippen molar-refractivity contribution in [3.8, 4) is 0 Å². The van der Waals surface area contributed by atoms with Crippen molar-refractivity contribution in [3.05, 3.63) is 15.5 Å². The molecule has 1 unspecified atom stereocenters. The third-order valence-corrected chi connectivity index (χ3v) is 3.46. The molecule has 0 aliphatic carbocycles. The summed E-state index contributed by atoms with van der Waals surface area (Å²) in [6, 6.07) is 0. The molecule has 0 saturated heterocycles. The van der Waals surface area contributed by atoms with Crippen molar-refractivity contribution in [3.63, 3.8) is 0 Å². The molecule has 0 bridgehead atoms. The molecular formula is C9H11IN2O2. The Balaban J connectivity index is 2.20. The van der Waals surface area contributed by atoms with E-state index in [2.05, 4.69) is 27.7 Å². The quantitative estimate of drug-likeness (QED) is 0.579. The molecule has 1 atom stereocenters. The van der Waals surface area contributed by atoms with E-state index in [4.69, 9.17) is 4.74 Å². The first-order valence-electron chi connectivity index (χ1n) is 4.50. The molecule has 76 valence electrons. The molecule has 5 heteroatoms. The highest BCUT2D eigenvalue weighted by molar-refractivity contribution is 14.1. The predicted octanol–water partition coefficient (Wildman–Crippen LogP) is 1.22. The molecule has 14 heavy (non-hydrogen) atoms. The number of hydrogen-bond acceptors (Lipinski definition) is 3. The zero-order valence-corrected chi connectivity index (χ0v) is 10.0. The largest absolute Gasteiger partial charge is 0.469 e. The zero-order valence-electron chi connectivity index (χ0n) is 7.86. The average Bonchev–Trinajstić information content (AvgIpc) is 2.59. The van der Waals surface area contributed by atoms with Crippen LogP contribution in [-0.2, 0) is 22.5 Å². The molecular weight excluding hydrogens is 295 g/mol. The number of methoxy groups -OCH3 is 1. The van der Waals surface area contributed by atoms with E-state index in [9.17, 15) is 4.79 Å². The highest BCUT2D eigenvalue weighted by Crippen LogP contribution is 2.24. The van der Waals surface area contributed by atoms with Crippen molar-refractivity contribution in [2.45, 2.75) is 19.4 Å². The molecule has 0 aromatic carbocycles. The van der Waals surface area contributed by atoms with Crippen molar-refractivity contribution in [2.24, 2.45) is 5.92 Å². The molecule has 4 nitrogen and oxygen atoms in total. The van der Waals surface area contributed by atoms with Crippen LogP contribution in [0.15, 0.2) is 6.20 Å². The molecule has 0 spiro atoms. The Labute approximate surface area is 95.8 Å². The lowest BCUT2D eigenvalue weighted by atomic mass is 9.96. The van der Waals surface area contributed by atoms with Gasteiger partial charge in [0.25, 0.3) is 0 Å². The third-order valence-electron chi connectivity index (χ3n) is 2.56. The van der Waals surface area contributed by atoms with Gasteiger partial charge >= 0.3 is 5.97 Å². The van der Waals surface area contributed by atoms with Crippen LogP contribution in [-0.4, -0.2) is 22.9 Å². The van der Waals surface area contributed by atoms with Crippen LogP contribution in [0.5, 0.6) is 0 Å². The van der Waals surface area contributed by atoms with Crippen LogP contribution < -0.4 is 0 Å². The maximum atomic E-state index is 11.4. The molecule has 0 amide bonds. The average molecular weight is 306 g/mol. The third kappa shape index (κ3) is 1.65. The number of carbonyl (C=O) groups excluding carboxylic acids is 1. The normalized spacial score (nSPS) is 20.3. The number of aryl methyl sites for hydroxylation is 1. The molecule has 1 aliphatic rings. The number of rotatable bonds is 1. The van der Waals surface area contributed by atoms with E-state index in [0.717, 1.165) is 28.7 Å². The van der Waals surface area contributed by atoms with Crippen LogP contribution >= 0.6 is 22.6 Å². The summed E-state index contributed by atoms with van der Waals surface area (Å²) >= 11 is 2.25. The Bertz CT molecular complexity index is 362. The van der Waals surface area contributed by atoms with Crippen molar-refractivity contribution < 1.29 is 9.53 Å². The second kappa shape index (κ2) is 3.88. The number of esters is 1. The summed E-state index contributed by atoms with van der Waals surface area (Å²) in [6.45, 7) is 0.818. The van der Waals surface area contributed by atoms with E-state index in [1.54, 1.807) is 0 Å². The lowest BCUT2D eigenvalue weighted by Gasteiger charge is -2.21. The second-order valence-corrected chi connectivity index (χ2v) is 4.54. The second-order valence-electron chi connectivity index (χ2n) is 3.38. The van der Waals surface area contributed by atoms with E-state index in [-0.39, 0.29) is 11.9 Å². The monoisotopic (exact) mass is 306 g/mol. The van der Waals surface area contributed by atoms with Gasteiger partial charge in [0.2, 0.25) is 0 Å². The number of nitrogens with zero attached hydrogens (tertiary/aromatic N) is 2. The Morgan fingerprint density at radius 1 is 1.79 bits per heavy atom. The van der Waals surface area contributed by atoms with E-state index in [1.807, 2.05) is 10.9 Å². The van der Waals surface area contributed by atoms with Crippen LogP contribution in [0.1, 0.15) is 12.1 Å². The molecule has 1 aromatic rings. The molecule has 0 N–H and O–H groups in total. The first-order chi connectivity index (χ1) is 6.72. The Kier molecular flexibility index (Phi) is 2.76. The van der Waals surface area contributed by atoms with Gasteiger partial charge in [0.15, 0.2) is 0 Å². The Morgan fingerprint density at radius 2 is 2.57 bits per heavy atom. The van der Waals surface area contributed by atoms with Gasteiger partial charge in [0.05, 0.1) is 28.5 Å². The van der Waals surface area contributed by atoms with Crippen LogP contribution in [0.25, 0.3) is 0 Å². The minimum absolute atomic E-state index is 0.0118. The van der Waals surface area contributed by atoms with E-state index >= 15 is 0 Å². The molecule has 0 radical (unpaired) electrons. The van der Waals surface area contributed by atoms with Crippen molar-refractivity contribution in [1.29, 1.82) is 0 Å². The Morgan fingerprint density at radius 3 is 3.29 bits per heavy atom. The fraction of sp³-hybridized carbons (Fsp3) is 0.556. The maximum Gasteiger partial charge on any atom is 0.309 e. The minimum atomic E-state index is -0.103. The van der Waals surface area contributed by atoms with Gasteiger partial charge in [-0.3, -0.25) is 9.48 Å². The Hall–Kier alpha value is -0.590. The molecule has 1 aromatic heterocycles. The smallest absolute Gasteiger partial charge is 0.309 e. The van der Waals surface area contributed by atoms with Gasteiger partial charge < -0.3 is 4.74 Å². The summed E-state index contributed by atoms with van der Waals surface area (Å²) in [4.78, 5) is 11.4. The van der Waals surface area contributed by atoms with Crippen LogP contribution in [0.2, 0.25) is 0 Å². The van der Waals surface area contributed by atoms with Gasteiger partial charge in [-0.1, -0.05) is 0 Å². The van der Waals surface area contributed by atoms with Gasteiger partial charge in [0, 0.05) is 13.0 Å². The number of carbonyl (C=O) groups is 1. The number of fused-ring (bicyclic) bond motifs is 1. The zero-order chi connectivity index (χ0) is 10.1. The van der Waals surface area contributed by atoms with Gasteiger partial charge in [-0.15, -0.1) is 0 Å². The number of ether oxygens (including phenoxy) is 1. The van der Waals surface area contributed by atoms with Gasteiger partial charge in [-0.2, -0.15) is 5.10 Å². The SMILES string of the molecule is COC(=O)C1CCn2ncc(I)c2C1. The molecule has 2 rings (SSSR count). The summed E-state index contributed by atoms with van der Waals surface area (Å²) in [6.07, 6.45) is 3.43. The van der Waals surface area contributed by atoms with Crippen LogP contribution in [0.4, 0.5) is 0 Å². The topological polar surface area (TPSA) is 44.1 Å². The lowest BCUT2D eigenvalue weighted by Crippen LogP contribution is -2.27. The fourth-order valence-corrected chi connectivity index (χ4v) is 2.39. The summed E-state index contributed by atoms with van der Waals surface area (Å²) in [5, 5.41) is 4.23. The summed E-state index contributed by atoms with van der Waals surface area (Å²) in [5.74, 6) is -0.0917. The van der Waals surface area contributed by atoms with Crippen molar-refractivity contribution in [2.75, 3.05) is 7.11 Å². The first-order valence-corrected chi connectivity index (χ1v) is 5.58. The molecule has 1 aliphatic heterocycles. The van der Waals surface area contributed by atoms with Crippen LogP contribution in [0.3, 0.4) is 0 Å². The highest BCUT2D eigenvalue weighted by Gasteiger charge is 2.27. The fourth-order valence-electron chi connectivity index (χ4n) is 1.76. The van der Waals surface area contributed by atoms with Crippen molar-refractivity contribution in [1.82, 2.24) is 9.78 Å². The summed E-state index contributed by atoms with van der Waals surface area (Å²) in [7, 11) is 1.44. The predicted molar refractivity (Wildman–Crippen MR) is 58.8 cm³/mol. The van der Waals surface area contributed by atoms with E-state index in [0.29, 0.717) is 0 Å². The van der Waals surface area contributed by atoms with Gasteiger partial charge in [-0.05, 0) is 29.0 Å². The summed E-state index contributed by atoms with van der Waals surface area (Å²) in [5.41, 5.74) is 1.16. The molecule has 2 heterocycles. The molecule has 0 saturated carbocycles. The number of halogens is 1. The van der Waals surface area contributed by atoms with Crippen LogP contribution in [0, 0.1) is 9.49 Å². The van der Waals surface area contributed by atoms with E-state index in [1.165, 1.54) is 7.11 Å². The van der Waals surface area contributed by atoms with E-state index < -0.39 is 0 Å². The first kappa shape index (κ1) is 9.95. The number of aromatic nitrogens is 2.